The van der Waals surface area contributed by atoms with E-state index in [1.54, 1.807) is 47.4 Å². The molecule has 0 spiro atoms. The van der Waals surface area contributed by atoms with E-state index >= 15 is 0 Å². The van der Waals surface area contributed by atoms with Crippen LogP contribution in [0.25, 0.3) is 11.0 Å². The number of benzene rings is 3. The van der Waals surface area contributed by atoms with E-state index in [0.717, 1.165) is 5.56 Å². The molecule has 32 heavy (non-hydrogen) atoms. The van der Waals surface area contributed by atoms with Crippen LogP contribution in [-0.2, 0) is 11.3 Å². The van der Waals surface area contributed by atoms with Crippen molar-refractivity contribution in [2.45, 2.75) is 6.54 Å². The predicted octanol–water partition coefficient (Wildman–Crippen LogP) is 4.30. The molecule has 7 heteroatoms. The lowest BCUT2D eigenvalue weighted by atomic mass is 10.1. The summed E-state index contributed by atoms with van der Waals surface area (Å²) >= 11 is 0. The summed E-state index contributed by atoms with van der Waals surface area (Å²) in [4.78, 5) is 27.3. The van der Waals surface area contributed by atoms with Crippen LogP contribution >= 0.6 is 0 Å². The highest BCUT2D eigenvalue weighted by Gasteiger charge is 2.33. The number of halogens is 1. The minimum Gasteiger partial charge on any atom is -0.463 e. The minimum atomic E-state index is -0.336. The number of carbonyl (C=O) groups is 1. The lowest BCUT2D eigenvalue weighted by Crippen LogP contribution is -2.29. The average molecular weight is 425 g/mol. The minimum absolute atomic E-state index is 0.170. The van der Waals surface area contributed by atoms with E-state index < -0.39 is 0 Å². The van der Waals surface area contributed by atoms with Crippen molar-refractivity contribution < 1.29 is 13.6 Å². The largest absolute Gasteiger partial charge is 0.463 e. The van der Waals surface area contributed by atoms with Gasteiger partial charge in [-0.2, -0.15) is 5.10 Å². The maximum absolute atomic E-state index is 13.2. The Labute approximate surface area is 181 Å². The molecule has 1 amide bonds. The highest BCUT2D eigenvalue weighted by atomic mass is 19.1. The fourth-order valence-electron chi connectivity index (χ4n) is 3.62. The van der Waals surface area contributed by atoms with Gasteiger partial charge in [0.2, 0.25) is 5.43 Å². The molecular weight excluding hydrogens is 409 g/mol. The van der Waals surface area contributed by atoms with Gasteiger partial charge in [0.05, 0.1) is 29.4 Å². The second-order valence-corrected chi connectivity index (χ2v) is 7.24. The van der Waals surface area contributed by atoms with E-state index in [4.69, 9.17) is 4.42 Å². The number of hydrogen-bond donors (Lipinski definition) is 0. The van der Waals surface area contributed by atoms with Gasteiger partial charge in [-0.25, -0.2) is 4.39 Å². The van der Waals surface area contributed by atoms with Gasteiger partial charge in [-0.05, 0) is 35.9 Å². The Morgan fingerprint density at radius 3 is 2.53 bits per heavy atom. The normalized spacial score (nSPS) is 14.6. The Morgan fingerprint density at radius 1 is 0.938 bits per heavy atom. The van der Waals surface area contributed by atoms with E-state index in [1.807, 2.05) is 18.2 Å². The van der Waals surface area contributed by atoms with Gasteiger partial charge in [-0.15, -0.1) is 5.10 Å². The van der Waals surface area contributed by atoms with E-state index in [1.165, 1.54) is 24.6 Å². The molecule has 3 aromatic carbocycles. The topological polar surface area (TPSA) is 75.2 Å². The lowest BCUT2D eigenvalue weighted by molar-refractivity contribution is -0.112. The van der Waals surface area contributed by atoms with Crippen molar-refractivity contribution in [2.75, 3.05) is 4.90 Å². The van der Waals surface area contributed by atoms with Crippen molar-refractivity contribution in [1.29, 1.82) is 0 Å². The number of hydrogen-bond acceptors (Lipinski definition) is 5. The highest BCUT2D eigenvalue weighted by Crippen LogP contribution is 2.30. The maximum Gasteiger partial charge on any atom is 0.279 e. The summed E-state index contributed by atoms with van der Waals surface area (Å²) in [6, 6.07) is 20.2. The van der Waals surface area contributed by atoms with Crippen molar-refractivity contribution >= 4 is 34.5 Å². The van der Waals surface area contributed by atoms with E-state index in [2.05, 4.69) is 10.2 Å². The highest BCUT2D eigenvalue weighted by molar-refractivity contribution is 6.54. The molecule has 6 nitrogen and oxygen atoms in total. The van der Waals surface area contributed by atoms with Gasteiger partial charge in [-0.1, -0.05) is 42.5 Å². The summed E-state index contributed by atoms with van der Waals surface area (Å²) in [5.41, 5.74) is 2.78. The predicted molar refractivity (Wildman–Crippen MR) is 121 cm³/mol. The van der Waals surface area contributed by atoms with Gasteiger partial charge in [0.15, 0.2) is 5.71 Å². The summed E-state index contributed by atoms with van der Waals surface area (Å²) in [5.74, 6) is -0.658. The number of fused-ring (bicyclic) bond motifs is 2. The molecule has 0 N–H and O–H groups in total. The zero-order valence-electron chi connectivity index (χ0n) is 16.7. The van der Waals surface area contributed by atoms with E-state index in [-0.39, 0.29) is 35.0 Å². The Morgan fingerprint density at radius 2 is 1.69 bits per heavy atom. The molecule has 5 rings (SSSR count). The molecule has 0 saturated heterocycles. The zero-order chi connectivity index (χ0) is 22.1. The monoisotopic (exact) mass is 425 g/mol. The molecule has 0 bridgehead atoms. The second-order valence-electron chi connectivity index (χ2n) is 7.24. The Kier molecular flexibility index (Phi) is 4.91. The van der Waals surface area contributed by atoms with Crippen LogP contribution in [0.1, 0.15) is 16.7 Å². The first kappa shape index (κ1) is 19.6. The van der Waals surface area contributed by atoms with Gasteiger partial charge in [0.25, 0.3) is 5.91 Å². The summed E-state index contributed by atoms with van der Waals surface area (Å²) in [6.07, 6.45) is 2.60. The van der Waals surface area contributed by atoms with Crippen LogP contribution in [0, 0.1) is 5.82 Å². The number of anilines is 1. The van der Waals surface area contributed by atoms with Crippen molar-refractivity contribution in [3.8, 4) is 0 Å². The first-order valence-electron chi connectivity index (χ1n) is 9.89. The summed E-state index contributed by atoms with van der Waals surface area (Å²) in [7, 11) is 0. The summed E-state index contributed by atoms with van der Waals surface area (Å²) in [5, 5.41) is 8.56. The van der Waals surface area contributed by atoms with Gasteiger partial charge in [0, 0.05) is 5.56 Å². The van der Waals surface area contributed by atoms with Crippen LogP contribution in [0.5, 0.6) is 0 Å². The molecule has 4 aromatic rings. The molecule has 2 heterocycles. The van der Waals surface area contributed by atoms with Crippen LogP contribution in [-0.4, -0.2) is 17.8 Å². The number of nitrogens with zero attached hydrogens (tertiary/aromatic N) is 3. The number of amides is 1. The van der Waals surface area contributed by atoms with Crippen LogP contribution in [0.15, 0.2) is 98.5 Å². The zero-order valence-corrected chi connectivity index (χ0v) is 16.7. The lowest BCUT2D eigenvalue weighted by Gasteiger charge is -2.16. The molecule has 1 aliphatic rings. The van der Waals surface area contributed by atoms with Gasteiger partial charge in [-0.3, -0.25) is 9.59 Å². The van der Waals surface area contributed by atoms with Crippen LogP contribution in [0.2, 0.25) is 0 Å². The average Bonchev–Trinajstić information content (AvgIpc) is 3.08. The molecule has 0 aliphatic carbocycles. The third-order valence-electron chi connectivity index (χ3n) is 5.21. The van der Waals surface area contributed by atoms with Crippen LogP contribution in [0.4, 0.5) is 10.1 Å². The Hall–Kier alpha value is -4.39. The molecule has 0 atom stereocenters. The number of rotatable bonds is 4. The Balaban J connectivity index is 1.47. The van der Waals surface area contributed by atoms with E-state index in [9.17, 15) is 14.0 Å². The van der Waals surface area contributed by atoms with Crippen LogP contribution < -0.4 is 10.3 Å². The third kappa shape index (κ3) is 3.50. The third-order valence-corrected chi connectivity index (χ3v) is 5.21. The fourth-order valence-corrected chi connectivity index (χ4v) is 3.62. The Bertz CT molecular complexity index is 1460. The van der Waals surface area contributed by atoms with Gasteiger partial charge >= 0.3 is 0 Å². The molecule has 0 radical (unpaired) electrons. The maximum atomic E-state index is 13.2. The second kappa shape index (κ2) is 8.03. The van der Waals surface area contributed by atoms with Crippen LogP contribution in [0.3, 0.4) is 0 Å². The van der Waals surface area contributed by atoms with Crippen molar-refractivity contribution in [1.82, 2.24) is 0 Å². The number of carbonyl (C=O) groups excluding carboxylic acids is 1. The fraction of sp³-hybridized carbons (Fsp3) is 0.0400. The van der Waals surface area contributed by atoms with Crippen molar-refractivity contribution in [3.05, 3.63) is 112 Å². The quantitative estimate of drug-likeness (QED) is 0.361. The molecular formula is C25H16FN3O3. The molecule has 1 aliphatic heterocycles. The summed E-state index contributed by atoms with van der Waals surface area (Å²) in [6.45, 7) is 0.271. The van der Waals surface area contributed by atoms with Gasteiger partial charge < -0.3 is 9.32 Å². The molecule has 1 aromatic heterocycles. The number of para-hydroxylation sites is 2. The molecule has 156 valence electrons. The SMILES string of the molecule is O=C1/C(=N\N=C\c2coc3ccccc3c2=O)c2ccccc2N1Cc1ccc(F)cc1. The molecule has 0 unspecified atom stereocenters. The first-order valence-corrected chi connectivity index (χ1v) is 9.89. The molecule has 0 fully saturated rings. The standard InChI is InChI=1S/C25H16FN3O3/c26-18-11-9-16(10-12-18)14-29-21-7-3-1-5-19(21)23(25(29)31)28-27-13-17-15-32-22-8-4-2-6-20(22)24(17)30/h1-13,15H,14H2/b27-13+,28-23-. The van der Waals surface area contributed by atoms with E-state index in [0.29, 0.717) is 22.2 Å². The summed E-state index contributed by atoms with van der Waals surface area (Å²) < 4.78 is 18.7. The molecule has 0 saturated carbocycles. The van der Waals surface area contributed by atoms with Crippen molar-refractivity contribution in [2.24, 2.45) is 10.2 Å². The smallest absolute Gasteiger partial charge is 0.279 e. The first-order chi connectivity index (χ1) is 15.6. The van der Waals surface area contributed by atoms with Gasteiger partial charge in [0.1, 0.15) is 17.7 Å². The van der Waals surface area contributed by atoms with Crippen molar-refractivity contribution in [3.63, 3.8) is 0 Å².